The van der Waals surface area contributed by atoms with E-state index in [0.717, 1.165) is 6.07 Å². The van der Waals surface area contributed by atoms with Crippen molar-refractivity contribution in [2.75, 3.05) is 5.32 Å². The molecule has 3 aromatic rings. The average Bonchev–Trinajstić information content (AvgIpc) is 3.06. The van der Waals surface area contributed by atoms with Crippen LogP contribution in [0.15, 0.2) is 52.9 Å². The van der Waals surface area contributed by atoms with Gasteiger partial charge in [-0.15, -0.1) is 0 Å². The number of nitrogens with zero attached hydrogens (tertiary/aromatic N) is 1. The van der Waals surface area contributed by atoms with E-state index in [2.05, 4.69) is 5.32 Å². The Bertz CT molecular complexity index is 1020. The molecule has 0 aliphatic rings. The molecule has 0 saturated heterocycles. The number of rotatable bonds is 4. The molecule has 0 aliphatic heterocycles. The summed E-state index contributed by atoms with van der Waals surface area (Å²) in [5.74, 6) is -0.135. The van der Waals surface area contributed by atoms with Crippen LogP contribution in [-0.2, 0) is 0 Å². The summed E-state index contributed by atoms with van der Waals surface area (Å²) in [5.41, 5.74) is 0.638. The van der Waals surface area contributed by atoms with Gasteiger partial charge in [0.2, 0.25) is 0 Å². The topological polar surface area (TPSA) is 85.4 Å². The van der Waals surface area contributed by atoms with Gasteiger partial charge in [0.25, 0.3) is 11.6 Å². The van der Waals surface area contributed by atoms with Gasteiger partial charge in [-0.3, -0.25) is 14.9 Å². The van der Waals surface area contributed by atoms with E-state index in [-0.39, 0.29) is 22.2 Å². The number of carbonyl (C=O) groups excluding carboxylic acids is 1. The Hall–Kier alpha value is -2.54. The summed E-state index contributed by atoms with van der Waals surface area (Å²) in [5, 5.41) is 14.2. The summed E-state index contributed by atoms with van der Waals surface area (Å²) in [4.78, 5) is 22.5. The number of amides is 1. The van der Waals surface area contributed by atoms with Crippen molar-refractivity contribution in [3.63, 3.8) is 0 Å². The number of benzene rings is 2. The third-order valence-electron chi connectivity index (χ3n) is 3.44. The molecule has 0 aliphatic carbocycles. The van der Waals surface area contributed by atoms with E-state index in [1.165, 1.54) is 18.2 Å². The van der Waals surface area contributed by atoms with Crippen molar-refractivity contribution in [3.8, 4) is 11.3 Å². The molecule has 26 heavy (non-hydrogen) atoms. The van der Waals surface area contributed by atoms with Crippen LogP contribution in [0.4, 0.5) is 11.4 Å². The summed E-state index contributed by atoms with van der Waals surface area (Å²) in [6, 6.07) is 11.7. The van der Waals surface area contributed by atoms with Crippen molar-refractivity contribution in [1.82, 2.24) is 0 Å². The Morgan fingerprint density at radius 3 is 2.42 bits per heavy atom. The highest BCUT2D eigenvalue weighted by Gasteiger charge is 2.17. The maximum Gasteiger partial charge on any atom is 0.291 e. The summed E-state index contributed by atoms with van der Waals surface area (Å²) in [7, 11) is 0. The van der Waals surface area contributed by atoms with Gasteiger partial charge in [0.15, 0.2) is 5.76 Å². The second kappa shape index (κ2) is 7.37. The van der Waals surface area contributed by atoms with Crippen LogP contribution in [0.25, 0.3) is 11.3 Å². The van der Waals surface area contributed by atoms with Crippen LogP contribution < -0.4 is 5.32 Å². The van der Waals surface area contributed by atoms with Crippen molar-refractivity contribution in [2.24, 2.45) is 0 Å². The molecule has 0 unspecified atom stereocenters. The van der Waals surface area contributed by atoms with Crippen molar-refractivity contribution < 1.29 is 14.1 Å². The first-order valence-corrected chi connectivity index (χ1v) is 8.29. The fraction of sp³-hybridized carbons (Fsp3) is 0. The van der Waals surface area contributed by atoms with Gasteiger partial charge in [0, 0.05) is 22.7 Å². The lowest BCUT2D eigenvalue weighted by molar-refractivity contribution is -0.384. The zero-order valence-corrected chi connectivity index (χ0v) is 15.1. The highest BCUT2D eigenvalue weighted by atomic mass is 35.5. The molecule has 0 atom stereocenters. The molecule has 1 N–H and O–H groups in total. The minimum absolute atomic E-state index is 0.0282. The molecule has 0 radical (unpaired) electrons. The van der Waals surface area contributed by atoms with E-state index < -0.39 is 10.8 Å². The van der Waals surface area contributed by atoms with Gasteiger partial charge in [-0.1, -0.05) is 34.8 Å². The molecule has 132 valence electrons. The lowest BCUT2D eigenvalue weighted by Gasteiger charge is -2.05. The van der Waals surface area contributed by atoms with Gasteiger partial charge in [0.05, 0.1) is 20.7 Å². The smallest absolute Gasteiger partial charge is 0.291 e. The Morgan fingerprint density at radius 1 is 1.00 bits per heavy atom. The van der Waals surface area contributed by atoms with Gasteiger partial charge in [-0.25, -0.2) is 0 Å². The van der Waals surface area contributed by atoms with Gasteiger partial charge in [-0.2, -0.15) is 0 Å². The first-order valence-electron chi connectivity index (χ1n) is 7.15. The lowest BCUT2D eigenvalue weighted by Crippen LogP contribution is -2.11. The van der Waals surface area contributed by atoms with Crippen molar-refractivity contribution in [3.05, 3.63) is 79.5 Å². The number of non-ortho nitro benzene ring substituents is 1. The second-order valence-corrected chi connectivity index (χ2v) is 6.41. The zero-order chi connectivity index (χ0) is 18.8. The molecule has 0 spiro atoms. The number of anilines is 1. The Labute approximate surface area is 162 Å². The van der Waals surface area contributed by atoms with Crippen LogP contribution in [0.3, 0.4) is 0 Å². The fourth-order valence-electron chi connectivity index (χ4n) is 2.20. The molecule has 1 amide bonds. The number of nitro benzene ring substituents is 1. The van der Waals surface area contributed by atoms with Gasteiger partial charge in [-0.05, 0) is 36.4 Å². The molecule has 0 fully saturated rings. The second-order valence-electron chi connectivity index (χ2n) is 5.16. The van der Waals surface area contributed by atoms with E-state index in [0.29, 0.717) is 21.4 Å². The molecular weight excluding hydrogens is 403 g/mol. The predicted octanol–water partition coefficient (Wildman–Crippen LogP) is 6.07. The van der Waals surface area contributed by atoms with E-state index in [1.807, 2.05) is 0 Å². The number of nitro groups is 1. The van der Waals surface area contributed by atoms with E-state index in [1.54, 1.807) is 24.3 Å². The monoisotopic (exact) mass is 410 g/mol. The van der Waals surface area contributed by atoms with Crippen LogP contribution in [0.2, 0.25) is 15.1 Å². The average molecular weight is 412 g/mol. The van der Waals surface area contributed by atoms with Crippen molar-refractivity contribution in [1.29, 1.82) is 0 Å². The largest absolute Gasteiger partial charge is 0.451 e. The number of nitrogens with one attached hydrogen (secondary N) is 1. The van der Waals surface area contributed by atoms with Gasteiger partial charge >= 0.3 is 0 Å². The third kappa shape index (κ3) is 3.83. The molecule has 0 bridgehead atoms. The molecule has 1 aromatic heterocycles. The summed E-state index contributed by atoms with van der Waals surface area (Å²) < 4.78 is 5.54. The predicted molar refractivity (Wildman–Crippen MR) is 100 cm³/mol. The van der Waals surface area contributed by atoms with Crippen LogP contribution in [0.5, 0.6) is 0 Å². The minimum atomic E-state index is -0.577. The minimum Gasteiger partial charge on any atom is -0.451 e. The van der Waals surface area contributed by atoms with Gasteiger partial charge < -0.3 is 9.73 Å². The van der Waals surface area contributed by atoms with Crippen LogP contribution >= 0.6 is 34.8 Å². The third-order valence-corrected chi connectivity index (χ3v) is 4.30. The van der Waals surface area contributed by atoms with Crippen LogP contribution in [0.1, 0.15) is 10.6 Å². The highest BCUT2D eigenvalue weighted by molar-refractivity contribution is 6.36. The van der Waals surface area contributed by atoms with Crippen molar-refractivity contribution in [2.45, 2.75) is 0 Å². The quantitative estimate of drug-likeness (QED) is 0.417. The fourth-order valence-corrected chi connectivity index (χ4v) is 2.92. The van der Waals surface area contributed by atoms with Crippen LogP contribution in [0, 0.1) is 10.1 Å². The summed E-state index contributed by atoms with van der Waals surface area (Å²) in [6.45, 7) is 0. The Balaban J connectivity index is 1.81. The molecule has 9 heteroatoms. The zero-order valence-electron chi connectivity index (χ0n) is 12.8. The SMILES string of the molecule is O=C(Nc1ccc([N+](=O)[O-])cc1Cl)c1ccc(-c2ccc(Cl)cc2Cl)o1. The molecule has 1 heterocycles. The van der Waals surface area contributed by atoms with E-state index >= 15 is 0 Å². The van der Waals surface area contributed by atoms with E-state index in [9.17, 15) is 14.9 Å². The van der Waals surface area contributed by atoms with Crippen molar-refractivity contribution >= 4 is 52.1 Å². The number of hydrogen-bond acceptors (Lipinski definition) is 4. The first-order chi connectivity index (χ1) is 12.3. The summed E-state index contributed by atoms with van der Waals surface area (Å²) in [6.07, 6.45) is 0. The molecular formula is C17H9Cl3N2O4. The molecule has 0 saturated carbocycles. The van der Waals surface area contributed by atoms with Gasteiger partial charge in [0.1, 0.15) is 5.76 Å². The lowest BCUT2D eigenvalue weighted by atomic mass is 10.2. The number of hydrogen-bond donors (Lipinski definition) is 1. The molecule has 6 nitrogen and oxygen atoms in total. The van der Waals surface area contributed by atoms with Crippen LogP contribution in [-0.4, -0.2) is 10.8 Å². The first kappa shape index (κ1) is 18.3. The highest BCUT2D eigenvalue weighted by Crippen LogP contribution is 2.32. The standard InChI is InChI=1S/C17H9Cl3N2O4/c18-9-1-3-11(12(19)7-9)15-5-6-16(26-15)17(23)21-14-4-2-10(22(24)25)8-13(14)20/h1-8H,(H,21,23). The normalized spacial score (nSPS) is 10.6. The maximum atomic E-state index is 12.3. The molecule has 2 aromatic carbocycles. The number of furan rings is 1. The Morgan fingerprint density at radius 2 is 1.77 bits per heavy atom. The van der Waals surface area contributed by atoms with E-state index in [4.69, 9.17) is 39.2 Å². The maximum absolute atomic E-state index is 12.3. The Kier molecular flexibility index (Phi) is 5.18. The number of halogens is 3. The number of carbonyl (C=O) groups is 1. The molecule has 3 rings (SSSR count). The summed E-state index contributed by atoms with van der Waals surface area (Å²) >= 11 is 18.0.